The molecular weight excluding hydrogens is 368 g/mol. The van der Waals surface area contributed by atoms with E-state index in [1.165, 1.54) is 0 Å². The average molecular weight is 402 g/mol. The molecule has 0 aromatic heterocycles. The first-order chi connectivity index (χ1) is 12.9. The van der Waals surface area contributed by atoms with Crippen LogP contribution in [0.1, 0.15) is 61.3 Å². The van der Waals surface area contributed by atoms with Crippen LogP contribution in [0.25, 0.3) is 0 Å². The highest BCUT2D eigenvalue weighted by molar-refractivity contribution is 5.93. The number of hydrogen-bond acceptors (Lipinski definition) is 8. The summed E-state index contributed by atoms with van der Waals surface area (Å²) in [6.45, 7) is 12.6. The van der Waals surface area contributed by atoms with Gasteiger partial charge in [-0.15, -0.1) is 0 Å². The van der Waals surface area contributed by atoms with Crippen LogP contribution in [0.2, 0.25) is 0 Å². The van der Waals surface area contributed by atoms with Gasteiger partial charge < -0.3 is 18.9 Å². The zero-order chi connectivity index (χ0) is 21.9. The maximum Gasteiger partial charge on any atom is 0.339 e. The first kappa shape index (κ1) is 26.0. The smallest absolute Gasteiger partial charge is 0.339 e. The van der Waals surface area contributed by atoms with E-state index in [-0.39, 0.29) is 37.6 Å². The van der Waals surface area contributed by atoms with E-state index in [4.69, 9.17) is 14.2 Å². The molecule has 0 aromatic carbocycles. The van der Waals surface area contributed by atoms with Gasteiger partial charge in [-0.2, -0.15) is 0 Å². The van der Waals surface area contributed by atoms with Crippen LogP contribution in [0.4, 0.5) is 0 Å². The molecule has 1 unspecified atom stereocenters. The summed E-state index contributed by atoms with van der Waals surface area (Å²) < 4.78 is 20.7. The molecular formula is C20H34O8. The number of esters is 4. The molecule has 0 aliphatic rings. The van der Waals surface area contributed by atoms with Crippen LogP contribution in [0.5, 0.6) is 0 Å². The Morgan fingerprint density at radius 2 is 1.18 bits per heavy atom. The lowest BCUT2D eigenvalue weighted by atomic mass is 9.94. The molecule has 0 heterocycles. The van der Waals surface area contributed by atoms with Gasteiger partial charge in [-0.25, -0.2) is 4.79 Å². The highest BCUT2D eigenvalue weighted by Crippen LogP contribution is 2.26. The predicted molar refractivity (Wildman–Crippen MR) is 101 cm³/mol. The fourth-order valence-electron chi connectivity index (χ4n) is 2.04. The Morgan fingerprint density at radius 1 is 0.714 bits per heavy atom. The largest absolute Gasteiger partial charge is 0.465 e. The molecule has 162 valence electrons. The normalized spacial score (nSPS) is 13.4. The third kappa shape index (κ3) is 11.0. The standard InChI is InChI=1S/C20H34O8/c1-13(2)10-25-17(22)8-20(27-12-15(5)6,9-18(23)28-16(7)21)19(24)26-11-14(3)4/h13-15H,8-12H2,1-7H3. The molecule has 0 aliphatic carbocycles. The number of carbonyl (C=O) groups is 4. The van der Waals surface area contributed by atoms with Gasteiger partial charge in [0.2, 0.25) is 0 Å². The molecule has 0 amide bonds. The Kier molecular flexibility index (Phi) is 11.6. The molecule has 0 saturated carbocycles. The number of hydrogen-bond donors (Lipinski definition) is 0. The van der Waals surface area contributed by atoms with Gasteiger partial charge in [0.05, 0.1) is 32.7 Å². The Bertz CT molecular complexity index is 538. The zero-order valence-corrected chi connectivity index (χ0v) is 18.0. The minimum atomic E-state index is -1.92. The van der Waals surface area contributed by atoms with Gasteiger partial charge in [-0.3, -0.25) is 14.4 Å². The van der Waals surface area contributed by atoms with E-state index in [0.717, 1.165) is 6.92 Å². The highest BCUT2D eigenvalue weighted by Gasteiger charge is 2.47. The van der Waals surface area contributed by atoms with Crippen LogP contribution in [-0.2, 0) is 38.1 Å². The van der Waals surface area contributed by atoms with E-state index < -0.39 is 42.3 Å². The molecule has 0 saturated heterocycles. The summed E-state index contributed by atoms with van der Waals surface area (Å²) in [5, 5.41) is 0. The van der Waals surface area contributed by atoms with Crippen LogP contribution >= 0.6 is 0 Å². The molecule has 0 fully saturated rings. The first-order valence-corrected chi connectivity index (χ1v) is 9.56. The maximum atomic E-state index is 12.8. The molecule has 28 heavy (non-hydrogen) atoms. The molecule has 0 aliphatic heterocycles. The fourth-order valence-corrected chi connectivity index (χ4v) is 2.04. The molecule has 8 heteroatoms. The van der Waals surface area contributed by atoms with Crippen molar-refractivity contribution in [3.63, 3.8) is 0 Å². The third-order valence-electron chi connectivity index (χ3n) is 3.31. The van der Waals surface area contributed by atoms with E-state index in [1.807, 2.05) is 41.5 Å². The van der Waals surface area contributed by atoms with Gasteiger partial charge in [0.15, 0.2) is 5.60 Å². The van der Waals surface area contributed by atoms with Gasteiger partial charge in [0.25, 0.3) is 0 Å². The summed E-state index contributed by atoms with van der Waals surface area (Å²) in [4.78, 5) is 48.4. The van der Waals surface area contributed by atoms with E-state index in [0.29, 0.717) is 0 Å². The van der Waals surface area contributed by atoms with Crippen molar-refractivity contribution in [2.24, 2.45) is 17.8 Å². The summed E-state index contributed by atoms with van der Waals surface area (Å²) in [7, 11) is 0. The van der Waals surface area contributed by atoms with Crippen molar-refractivity contribution >= 4 is 23.9 Å². The summed E-state index contributed by atoms with van der Waals surface area (Å²) in [5.41, 5.74) is -1.92. The Labute approximate surface area is 167 Å². The summed E-state index contributed by atoms with van der Waals surface area (Å²) in [6, 6.07) is 0. The quantitative estimate of drug-likeness (QED) is 0.279. The molecule has 0 spiro atoms. The van der Waals surface area contributed by atoms with Gasteiger partial charge in [-0.05, 0) is 17.8 Å². The van der Waals surface area contributed by atoms with Crippen molar-refractivity contribution in [2.45, 2.75) is 66.9 Å². The third-order valence-corrected chi connectivity index (χ3v) is 3.31. The van der Waals surface area contributed by atoms with Crippen molar-refractivity contribution in [3.05, 3.63) is 0 Å². The minimum Gasteiger partial charge on any atom is -0.465 e. The highest BCUT2D eigenvalue weighted by atomic mass is 16.6. The fraction of sp³-hybridized carbons (Fsp3) is 0.800. The van der Waals surface area contributed by atoms with Gasteiger partial charge in [0.1, 0.15) is 0 Å². The summed E-state index contributed by atoms with van der Waals surface area (Å²) in [6.07, 6.45) is -1.15. The molecule has 0 rings (SSSR count). The molecule has 8 nitrogen and oxygen atoms in total. The van der Waals surface area contributed by atoms with Crippen LogP contribution < -0.4 is 0 Å². The summed E-state index contributed by atoms with van der Waals surface area (Å²) >= 11 is 0. The maximum absolute atomic E-state index is 12.8. The van der Waals surface area contributed by atoms with Gasteiger partial charge in [0, 0.05) is 6.92 Å². The van der Waals surface area contributed by atoms with Crippen LogP contribution in [0, 0.1) is 17.8 Å². The van der Waals surface area contributed by atoms with Gasteiger partial charge >= 0.3 is 23.9 Å². The molecule has 0 bridgehead atoms. The number of ether oxygens (including phenoxy) is 4. The van der Waals surface area contributed by atoms with Crippen LogP contribution in [0.15, 0.2) is 0 Å². The van der Waals surface area contributed by atoms with Crippen molar-refractivity contribution in [1.82, 2.24) is 0 Å². The lowest BCUT2D eigenvalue weighted by molar-refractivity contribution is -0.188. The Hall–Kier alpha value is -1.96. The van der Waals surface area contributed by atoms with E-state index in [9.17, 15) is 19.2 Å². The lowest BCUT2D eigenvalue weighted by Crippen LogP contribution is -2.48. The van der Waals surface area contributed by atoms with E-state index in [2.05, 4.69) is 4.74 Å². The van der Waals surface area contributed by atoms with Crippen molar-refractivity contribution in [1.29, 1.82) is 0 Å². The molecule has 0 N–H and O–H groups in total. The number of carbonyl (C=O) groups excluding carboxylic acids is 4. The second-order valence-corrected chi connectivity index (χ2v) is 8.09. The van der Waals surface area contributed by atoms with Crippen molar-refractivity contribution < 1.29 is 38.1 Å². The molecule has 0 radical (unpaired) electrons. The van der Waals surface area contributed by atoms with Crippen LogP contribution in [0.3, 0.4) is 0 Å². The van der Waals surface area contributed by atoms with E-state index >= 15 is 0 Å². The Balaban J connectivity index is 5.66. The van der Waals surface area contributed by atoms with Gasteiger partial charge in [-0.1, -0.05) is 41.5 Å². The predicted octanol–water partition coefficient (Wildman–Crippen LogP) is 2.67. The molecule has 1 atom stereocenters. The zero-order valence-electron chi connectivity index (χ0n) is 18.0. The van der Waals surface area contributed by atoms with E-state index in [1.54, 1.807) is 0 Å². The second-order valence-electron chi connectivity index (χ2n) is 8.09. The SMILES string of the molecule is CC(=O)OC(=O)CC(CC(=O)OCC(C)C)(OCC(C)C)C(=O)OCC(C)C. The molecule has 0 aromatic rings. The number of rotatable bonds is 12. The first-order valence-electron chi connectivity index (χ1n) is 9.56. The lowest BCUT2D eigenvalue weighted by Gasteiger charge is -2.31. The summed E-state index contributed by atoms with van der Waals surface area (Å²) in [5.74, 6) is -3.18. The Morgan fingerprint density at radius 3 is 1.64 bits per heavy atom. The van der Waals surface area contributed by atoms with Crippen molar-refractivity contribution in [2.75, 3.05) is 19.8 Å². The van der Waals surface area contributed by atoms with Crippen molar-refractivity contribution in [3.8, 4) is 0 Å². The second kappa shape index (κ2) is 12.5. The monoisotopic (exact) mass is 402 g/mol. The van der Waals surface area contributed by atoms with Crippen LogP contribution in [-0.4, -0.2) is 49.3 Å². The minimum absolute atomic E-state index is 0.0211. The topological polar surface area (TPSA) is 105 Å². The average Bonchev–Trinajstić information content (AvgIpc) is 2.54.